The second-order valence-corrected chi connectivity index (χ2v) is 29.7. The van der Waals surface area contributed by atoms with E-state index in [0.717, 1.165) is 36.1 Å². The van der Waals surface area contributed by atoms with E-state index in [1.165, 1.54) is 55.7 Å². The van der Waals surface area contributed by atoms with Crippen LogP contribution in [0.3, 0.4) is 0 Å². The van der Waals surface area contributed by atoms with Gasteiger partial charge in [0.15, 0.2) is 0 Å². The minimum Gasteiger partial charge on any atom is -0.481 e. The number of nitrogens with one attached hydrogen (secondary N) is 5. The van der Waals surface area contributed by atoms with Crippen LogP contribution in [0.1, 0.15) is 173 Å². The van der Waals surface area contributed by atoms with Crippen LogP contribution < -0.4 is 32.3 Å². The number of hydrogen-bond donors (Lipinski definition) is 10. The number of carbonyl (C=O) groups excluding carboxylic acids is 7. The van der Waals surface area contributed by atoms with Gasteiger partial charge in [-0.3, -0.25) is 48.1 Å². The third-order valence-corrected chi connectivity index (χ3v) is 21.7. The fourth-order valence-corrected chi connectivity index (χ4v) is 16.0. The predicted molar refractivity (Wildman–Crippen MR) is 402 cm³/mol. The number of ether oxygens (including phenoxy) is 1. The fourth-order valence-electron chi connectivity index (χ4n) is 13.7. The van der Waals surface area contributed by atoms with Crippen molar-refractivity contribution in [3.8, 4) is 11.8 Å². The summed E-state index contributed by atoms with van der Waals surface area (Å²) in [5.74, 6) is -1.04. The van der Waals surface area contributed by atoms with Crippen LogP contribution in [0, 0.1) is 24.7 Å². The molecular weight excluding hydrogens is 1410 g/mol. The topological polar surface area (TPSA) is 406 Å². The van der Waals surface area contributed by atoms with Gasteiger partial charge >= 0.3 is 17.9 Å². The van der Waals surface area contributed by atoms with E-state index in [9.17, 15) is 63.3 Å². The zero-order chi connectivity index (χ0) is 75.9. The summed E-state index contributed by atoms with van der Waals surface area (Å²) in [5.41, 5.74) is 17.2. The number of aliphatic hydroxyl groups excluding tert-OH is 1. The Morgan fingerprint density at radius 3 is 2.37 bits per heavy atom. The Bertz CT molecular complexity index is 4010. The number of rotatable bonds is 38. The minimum absolute atomic E-state index is 0.0201. The van der Waals surface area contributed by atoms with E-state index in [-0.39, 0.29) is 93.7 Å². The number of nitrogens with zero attached hydrogens (tertiary/aromatic N) is 6. The van der Waals surface area contributed by atoms with E-state index >= 15 is 0 Å². The Morgan fingerprint density at radius 2 is 1.63 bits per heavy atom. The number of anilines is 1. The summed E-state index contributed by atoms with van der Waals surface area (Å²) >= 11 is 0. The maximum atomic E-state index is 14.7. The number of nitrogen functional groups attached to an aromatic ring is 1. The number of carboxylic acid groups (broad SMARTS) is 3. The van der Waals surface area contributed by atoms with Crippen molar-refractivity contribution >= 4 is 113 Å². The number of allylic oxidation sites excluding steroid dienone is 4. The van der Waals surface area contributed by atoms with Gasteiger partial charge in [0.25, 0.3) is 5.91 Å². The van der Waals surface area contributed by atoms with Crippen molar-refractivity contribution in [1.82, 2.24) is 50.9 Å². The molecule has 0 bridgehead atoms. The average Bonchev–Trinajstić information content (AvgIpc) is 1.47. The molecule has 566 valence electrons. The molecule has 7 amide bonds. The highest BCUT2D eigenvalue weighted by Crippen LogP contribution is 2.48. The molecule has 10 atom stereocenters. The third-order valence-electron chi connectivity index (χ3n) is 19.0. The molecular formula is C74H97N12O16PS2. The van der Waals surface area contributed by atoms with Crippen LogP contribution in [0.5, 0.6) is 0 Å². The maximum Gasteiger partial charge on any atom is 0.326 e. The molecule has 28 nitrogen and oxygen atoms in total. The van der Waals surface area contributed by atoms with Gasteiger partial charge in [0.2, 0.25) is 35.4 Å². The summed E-state index contributed by atoms with van der Waals surface area (Å²) in [6, 6.07) is 7.08. The first-order valence-corrected chi connectivity index (χ1v) is 38.7. The molecule has 31 heteroatoms. The zero-order valence-corrected chi connectivity index (χ0v) is 62.8. The zero-order valence-electron chi connectivity index (χ0n) is 60.0. The van der Waals surface area contributed by atoms with Gasteiger partial charge in [-0.05, 0) is 124 Å². The van der Waals surface area contributed by atoms with Gasteiger partial charge in [0.1, 0.15) is 54.3 Å². The number of aryl methyl sites for hydroxylation is 2. The van der Waals surface area contributed by atoms with E-state index in [1.54, 1.807) is 27.6 Å². The van der Waals surface area contributed by atoms with Gasteiger partial charge in [-0.25, -0.2) is 14.8 Å². The smallest absolute Gasteiger partial charge is 0.326 e. The van der Waals surface area contributed by atoms with E-state index in [1.807, 2.05) is 30.4 Å². The fraction of sp³-hybridized carbons (Fsp3) is 0.527. The number of carbonyl (C=O) groups is 10. The molecule has 8 rings (SSSR count). The van der Waals surface area contributed by atoms with Crippen LogP contribution in [-0.4, -0.2) is 204 Å². The summed E-state index contributed by atoms with van der Waals surface area (Å²) in [6.07, 6.45) is 9.99. The number of carboxylic acids is 3. The van der Waals surface area contributed by atoms with Crippen molar-refractivity contribution < 1.29 is 77.6 Å². The Balaban J connectivity index is 0.844. The van der Waals surface area contributed by atoms with Crippen molar-refractivity contribution in [2.45, 2.75) is 185 Å². The van der Waals surface area contributed by atoms with Crippen molar-refractivity contribution in [1.29, 1.82) is 0 Å². The third kappa shape index (κ3) is 22.7. The quantitative estimate of drug-likeness (QED) is 0.0105. The number of aliphatic carboxylic acids is 3. The number of aliphatic hydroxyl groups is 1. The number of hydrogen-bond acceptors (Lipinski definition) is 19. The second-order valence-electron chi connectivity index (χ2n) is 26.7. The first-order chi connectivity index (χ1) is 50.4. The lowest BCUT2D eigenvalue weighted by atomic mass is 9.65. The van der Waals surface area contributed by atoms with Crippen molar-refractivity contribution in [2.75, 3.05) is 63.6 Å². The largest absolute Gasteiger partial charge is 0.481 e. The normalized spacial score (nSPS) is 19.3. The van der Waals surface area contributed by atoms with E-state index < -0.39 is 97.0 Å². The molecule has 11 N–H and O–H groups in total. The molecule has 2 fully saturated rings. The average molecular weight is 1510 g/mol. The Kier molecular flexibility index (Phi) is 31.3. The minimum atomic E-state index is -1.87. The molecule has 2 aromatic heterocycles. The SMILES string of the molecule is CCCc1cc2c(cc1C)C(c1ccccc1C(=O)N(C)CCCC(=O)N1CCCC1C(=O)NC(CCCSSCCC(=O)NCC#Cc1cn([C@H]3CC(O)[C@@H](COP)O3)c3ncnc(N)c13)C(=O)NCCCCCC(=O)NC(CC(=O)O)C(=O)NC(CC(=O)O)C(=O)O)C1C=C(C)C(=NCC)C=C1C2. The molecule has 2 saturated heterocycles. The number of aromatic nitrogens is 3. The summed E-state index contributed by atoms with van der Waals surface area (Å²) < 4.78 is 12.9. The van der Waals surface area contributed by atoms with Gasteiger partial charge in [-0.1, -0.05) is 95.2 Å². The molecule has 2 aliphatic carbocycles. The highest BCUT2D eigenvalue weighted by Gasteiger charge is 2.40. The van der Waals surface area contributed by atoms with Crippen LogP contribution in [0.15, 0.2) is 77.2 Å². The van der Waals surface area contributed by atoms with Gasteiger partial charge < -0.3 is 76.4 Å². The summed E-state index contributed by atoms with van der Waals surface area (Å²) in [5, 5.41) is 51.7. The summed E-state index contributed by atoms with van der Waals surface area (Å²) in [4.78, 5) is 147. The highest BCUT2D eigenvalue weighted by molar-refractivity contribution is 8.76. The Hall–Kier alpha value is -8.72. The molecule has 0 spiro atoms. The predicted octanol–water partition coefficient (Wildman–Crippen LogP) is 6.11. The molecule has 0 saturated carbocycles. The number of amides is 7. The van der Waals surface area contributed by atoms with Crippen molar-refractivity contribution in [3.05, 3.63) is 111 Å². The molecule has 0 radical (unpaired) electrons. The van der Waals surface area contributed by atoms with Crippen LogP contribution >= 0.6 is 31.1 Å². The number of nitrogens with two attached hydrogens (primary N) is 1. The van der Waals surface area contributed by atoms with Crippen LogP contribution in [-0.2, 0) is 65.3 Å². The van der Waals surface area contributed by atoms with Crippen LogP contribution in [0.2, 0.25) is 0 Å². The lowest BCUT2D eigenvalue weighted by molar-refractivity contribution is -0.148. The van der Waals surface area contributed by atoms with E-state index in [2.05, 4.69) is 104 Å². The van der Waals surface area contributed by atoms with Crippen molar-refractivity contribution in [2.24, 2.45) is 10.9 Å². The van der Waals surface area contributed by atoms with Crippen molar-refractivity contribution in [3.63, 3.8) is 0 Å². The van der Waals surface area contributed by atoms with Gasteiger partial charge in [0, 0.05) is 103 Å². The molecule has 4 aromatic rings. The molecule has 4 heterocycles. The van der Waals surface area contributed by atoms with Crippen LogP contribution in [0.25, 0.3) is 11.0 Å². The standard InChI is InChI=1S/C74H97N12O16PS2/c1-6-17-45-34-47-35-48-36-54(76-7-2)44(4)33-52(48)67(51(47)32-43(45)3)49-19-10-11-20-50(49)73(98)84(5)28-15-24-62(90)85-29-14-22-57(85)72(97)82-53(70(95)78-26-12-8-9-23-61(89)81-55(37-64(91)92)71(96)83-56(74(99)100)38-65(93)94)21-16-30-104-105-31-25-60(88)77-27-13-18-46-40-86(69-66(46)68(75)79-42-80-69)63-39-58(87)59(102-63)41-101-103/h10-11,19-20,32-34,36,40,42,52-53,55-59,63,67,87H,6-9,12,14-17,21-31,35,37-39,41,103H2,1-5H3,(H,77,88)(H,78,95)(H,81,89)(H,82,97)(H,83,96)(H,91,92)(H,93,94)(H,99,100)(H2,75,79,80)/t52?,53?,55?,56?,57?,58?,59-,63-,67?/m1/s1. The molecule has 2 aromatic carbocycles. The Labute approximate surface area is 621 Å². The number of unbranched alkanes of at least 4 members (excludes halogenated alkanes) is 2. The number of fused-ring (bicyclic) bond motifs is 3. The van der Waals surface area contributed by atoms with E-state index in [4.69, 9.17) is 25.1 Å². The first kappa shape index (κ1) is 81.9. The van der Waals surface area contributed by atoms with Gasteiger partial charge in [0.05, 0.1) is 48.8 Å². The first-order valence-electron chi connectivity index (χ1n) is 35.7. The lowest BCUT2D eigenvalue weighted by Gasteiger charge is -2.38. The summed E-state index contributed by atoms with van der Waals surface area (Å²) in [6.45, 7) is 10.1. The number of likely N-dealkylation sites (tertiary alicyclic amines) is 1. The number of benzene rings is 2. The van der Waals surface area contributed by atoms with E-state index in [0.29, 0.717) is 91.7 Å². The van der Waals surface area contributed by atoms with Crippen LogP contribution in [0.4, 0.5) is 5.82 Å². The Morgan fingerprint density at radius 1 is 0.867 bits per heavy atom. The molecule has 8 unspecified atom stereocenters. The molecule has 4 aliphatic rings. The highest BCUT2D eigenvalue weighted by atomic mass is 33.1. The monoisotopic (exact) mass is 1500 g/mol. The maximum absolute atomic E-state index is 14.7. The van der Waals surface area contributed by atoms with Gasteiger partial charge in [-0.15, -0.1) is 0 Å². The summed E-state index contributed by atoms with van der Waals surface area (Å²) in [7, 11) is 6.85. The molecule has 2 aliphatic heterocycles. The second kappa shape index (κ2) is 40.1. The number of aliphatic imine (C=N–C) groups is 1. The molecule has 105 heavy (non-hydrogen) atoms. The lowest BCUT2D eigenvalue weighted by Crippen LogP contribution is -2.53. The van der Waals surface area contributed by atoms with Gasteiger partial charge in [-0.2, -0.15) is 0 Å².